The number of fused-ring (bicyclic) bond motifs is 3. The van der Waals surface area contributed by atoms with Crippen LogP contribution >= 0.6 is 11.6 Å². The molecule has 4 aromatic rings. The third-order valence-electron chi connectivity index (χ3n) is 4.14. The van der Waals surface area contributed by atoms with Gasteiger partial charge in [-0.05, 0) is 48.5 Å². The molecule has 3 aromatic carbocycles. The Balaban J connectivity index is 1.36. The average Bonchev–Trinajstić information content (AvgIpc) is 3.09. The molecule has 0 bridgehead atoms. The quantitative estimate of drug-likeness (QED) is 0.511. The normalized spacial score (nSPS) is 10.8. The molecule has 2 N–H and O–H groups in total. The topological polar surface area (TPSA) is 80.6 Å². The number of benzene rings is 3. The number of hydrazine groups is 1. The summed E-state index contributed by atoms with van der Waals surface area (Å²) in [7, 11) is 0. The number of carbonyl (C=O) groups is 2. The van der Waals surface area contributed by atoms with E-state index in [-0.39, 0.29) is 6.61 Å². The summed E-state index contributed by atoms with van der Waals surface area (Å²) in [5.41, 5.74) is 6.55. The van der Waals surface area contributed by atoms with Gasteiger partial charge >= 0.3 is 0 Å². The van der Waals surface area contributed by atoms with E-state index in [2.05, 4.69) is 10.9 Å². The van der Waals surface area contributed by atoms with E-state index in [4.69, 9.17) is 20.8 Å². The molecule has 0 fully saturated rings. The summed E-state index contributed by atoms with van der Waals surface area (Å²) in [6.07, 6.45) is 0. The van der Waals surface area contributed by atoms with Crippen LogP contribution in [-0.2, 0) is 4.79 Å². The highest BCUT2D eigenvalue weighted by atomic mass is 35.5. The van der Waals surface area contributed by atoms with Gasteiger partial charge in [0.05, 0.1) is 0 Å². The largest absolute Gasteiger partial charge is 0.484 e. The molecule has 0 aliphatic carbocycles. The van der Waals surface area contributed by atoms with Crippen molar-refractivity contribution in [3.8, 4) is 5.75 Å². The number of halogens is 1. The summed E-state index contributed by atoms with van der Waals surface area (Å²) in [5, 5.41) is 2.41. The van der Waals surface area contributed by atoms with E-state index in [0.29, 0.717) is 16.3 Å². The monoisotopic (exact) mass is 394 g/mol. The first-order valence-corrected chi connectivity index (χ1v) is 8.87. The Hall–Kier alpha value is -3.51. The van der Waals surface area contributed by atoms with E-state index in [0.717, 1.165) is 21.9 Å². The van der Waals surface area contributed by atoms with E-state index in [1.165, 1.54) is 0 Å². The Morgan fingerprint density at radius 1 is 0.893 bits per heavy atom. The van der Waals surface area contributed by atoms with Gasteiger partial charge in [0.25, 0.3) is 11.8 Å². The zero-order chi connectivity index (χ0) is 19.5. The molecule has 0 saturated carbocycles. The molecule has 1 aromatic heterocycles. The smallest absolute Gasteiger partial charge is 0.276 e. The van der Waals surface area contributed by atoms with Gasteiger partial charge < -0.3 is 9.15 Å². The van der Waals surface area contributed by atoms with Crippen molar-refractivity contribution in [2.75, 3.05) is 6.61 Å². The Kier molecular flexibility index (Phi) is 4.87. The van der Waals surface area contributed by atoms with Crippen molar-refractivity contribution in [1.82, 2.24) is 10.9 Å². The molecule has 0 atom stereocenters. The van der Waals surface area contributed by atoms with Gasteiger partial charge in [0.2, 0.25) is 0 Å². The molecular weight excluding hydrogens is 380 g/mol. The van der Waals surface area contributed by atoms with Crippen molar-refractivity contribution in [2.24, 2.45) is 0 Å². The van der Waals surface area contributed by atoms with Crippen LogP contribution in [0, 0.1) is 0 Å². The lowest BCUT2D eigenvalue weighted by atomic mass is 10.1. The number of para-hydroxylation sites is 1. The number of rotatable bonds is 4. The summed E-state index contributed by atoms with van der Waals surface area (Å²) < 4.78 is 11.3. The second-order valence-corrected chi connectivity index (χ2v) is 6.49. The summed E-state index contributed by atoms with van der Waals surface area (Å²) in [5.74, 6) is -0.408. The second-order valence-electron chi connectivity index (χ2n) is 6.05. The molecule has 0 unspecified atom stereocenters. The molecule has 140 valence electrons. The van der Waals surface area contributed by atoms with Crippen LogP contribution in [0.1, 0.15) is 10.4 Å². The predicted molar refractivity (Wildman–Crippen MR) is 106 cm³/mol. The lowest BCUT2D eigenvalue weighted by molar-refractivity contribution is -0.123. The maximum Gasteiger partial charge on any atom is 0.276 e. The number of nitrogens with one attached hydrogen (secondary N) is 2. The molecular formula is C21H15ClN2O4. The molecule has 0 aliphatic heterocycles. The molecule has 0 saturated heterocycles. The van der Waals surface area contributed by atoms with E-state index in [1.54, 1.807) is 36.4 Å². The van der Waals surface area contributed by atoms with Crippen LogP contribution < -0.4 is 15.6 Å². The highest BCUT2D eigenvalue weighted by Crippen LogP contribution is 2.31. The molecule has 0 aliphatic rings. The van der Waals surface area contributed by atoms with E-state index in [9.17, 15) is 9.59 Å². The number of ether oxygens (including phenoxy) is 1. The van der Waals surface area contributed by atoms with Crippen LogP contribution in [0.3, 0.4) is 0 Å². The van der Waals surface area contributed by atoms with Gasteiger partial charge in [-0.15, -0.1) is 0 Å². The summed E-state index contributed by atoms with van der Waals surface area (Å²) in [4.78, 5) is 23.9. The van der Waals surface area contributed by atoms with Crippen molar-refractivity contribution in [1.29, 1.82) is 0 Å². The first-order chi connectivity index (χ1) is 13.6. The van der Waals surface area contributed by atoms with Gasteiger partial charge in [-0.3, -0.25) is 20.4 Å². The first kappa shape index (κ1) is 17.9. The van der Waals surface area contributed by atoms with Crippen LogP contribution in [-0.4, -0.2) is 18.4 Å². The number of furan rings is 1. The zero-order valence-electron chi connectivity index (χ0n) is 14.6. The number of carbonyl (C=O) groups excluding carboxylic acids is 2. The molecule has 28 heavy (non-hydrogen) atoms. The second kappa shape index (κ2) is 7.62. The summed E-state index contributed by atoms with van der Waals surface area (Å²) in [6, 6.07) is 19.3. The van der Waals surface area contributed by atoms with Crippen LogP contribution in [0.15, 0.2) is 71.1 Å². The van der Waals surface area contributed by atoms with Gasteiger partial charge in [0.15, 0.2) is 6.61 Å². The van der Waals surface area contributed by atoms with Crippen LogP contribution in [0.2, 0.25) is 5.02 Å². The Morgan fingerprint density at radius 3 is 2.46 bits per heavy atom. The van der Waals surface area contributed by atoms with E-state index < -0.39 is 11.8 Å². The fourth-order valence-electron chi connectivity index (χ4n) is 2.78. The van der Waals surface area contributed by atoms with Crippen LogP contribution in [0.25, 0.3) is 21.9 Å². The van der Waals surface area contributed by atoms with Crippen molar-refractivity contribution >= 4 is 45.4 Å². The molecule has 0 radical (unpaired) electrons. The molecule has 0 spiro atoms. The number of hydrogen-bond donors (Lipinski definition) is 2. The SMILES string of the molecule is O=C(COc1ccc2oc3ccccc3c2c1)NNC(=O)c1ccc(Cl)cc1. The van der Waals surface area contributed by atoms with Crippen molar-refractivity contribution in [3.05, 3.63) is 77.3 Å². The van der Waals surface area contributed by atoms with E-state index >= 15 is 0 Å². The lowest BCUT2D eigenvalue weighted by Crippen LogP contribution is -2.43. The minimum absolute atomic E-state index is 0.248. The van der Waals surface area contributed by atoms with Gasteiger partial charge in [-0.2, -0.15) is 0 Å². The molecule has 1 heterocycles. The third-order valence-corrected chi connectivity index (χ3v) is 4.39. The van der Waals surface area contributed by atoms with Crippen LogP contribution in [0.5, 0.6) is 5.75 Å². The Labute approximate surface area is 165 Å². The van der Waals surface area contributed by atoms with Gasteiger partial charge in [0, 0.05) is 21.4 Å². The standard InChI is InChI=1S/C21H15ClN2O4/c22-14-7-5-13(6-8-14)21(26)24-23-20(25)12-27-15-9-10-19-17(11-15)16-3-1-2-4-18(16)28-19/h1-11H,12H2,(H,23,25)(H,24,26). The lowest BCUT2D eigenvalue weighted by Gasteiger charge is -2.09. The van der Waals surface area contributed by atoms with E-state index in [1.807, 2.05) is 30.3 Å². The molecule has 7 heteroatoms. The minimum Gasteiger partial charge on any atom is -0.484 e. The summed E-state index contributed by atoms with van der Waals surface area (Å²) >= 11 is 5.78. The molecule has 4 rings (SSSR count). The third kappa shape index (κ3) is 3.77. The fourth-order valence-corrected chi connectivity index (χ4v) is 2.91. The highest BCUT2D eigenvalue weighted by Gasteiger charge is 2.10. The fraction of sp³-hybridized carbons (Fsp3) is 0.0476. The van der Waals surface area contributed by atoms with Gasteiger partial charge in [-0.25, -0.2) is 0 Å². The van der Waals surface area contributed by atoms with Gasteiger partial charge in [-0.1, -0.05) is 29.8 Å². The highest BCUT2D eigenvalue weighted by molar-refractivity contribution is 6.30. The van der Waals surface area contributed by atoms with Crippen molar-refractivity contribution < 1.29 is 18.7 Å². The van der Waals surface area contributed by atoms with Gasteiger partial charge in [0.1, 0.15) is 16.9 Å². The first-order valence-electron chi connectivity index (χ1n) is 8.49. The summed E-state index contributed by atoms with van der Waals surface area (Å²) in [6.45, 7) is -0.248. The number of amides is 2. The maximum atomic E-state index is 12.0. The predicted octanol–water partition coefficient (Wildman–Crippen LogP) is 4.08. The van der Waals surface area contributed by atoms with Crippen molar-refractivity contribution in [2.45, 2.75) is 0 Å². The Bertz CT molecular complexity index is 1170. The Morgan fingerprint density at radius 2 is 1.64 bits per heavy atom. The zero-order valence-corrected chi connectivity index (χ0v) is 15.3. The van der Waals surface area contributed by atoms with Crippen molar-refractivity contribution in [3.63, 3.8) is 0 Å². The average molecular weight is 395 g/mol. The molecule has 2 amide bonds. The molecule has 6 nitrogen and oxygen atoms in total. The minimum atomic E-state index is -0.487. The maximum absolute atomic E-state index is 12.0. The number of hydrogen-bond acceptors (Lipinski definition) is 4. The van der Waals surface area contributed by atoms with Crippen LogP contribution in [0.4, 0.5) is 0 Å².